The van der Waals surface area contributed by atoms with E-state index in [4.69, 9.17) is 15.0 Å². The van der Waals surface area contributed by atoms with Crippen molar-refractivity contribution in [1.82, 2.24) is 19.5 Å². The Morgan fingerprint density at radius 2 is 0.691 bits per heavy atom. The minimum atomic E-state index is 0.640. The Bertz CT molecular complexity index is 3160. The summed E-state index contributed by atoms with van der Waals surface area (Å²) in [7, 11) is 0. The van der Waals surface area contributed by atoms with Crippen LogP contribution < -0.4 is 0 Å². The molecule has 9 aromatic carbocycles. The molecule has 11 rings (SSSR count). The Morgan fingerprint density at radius 1 is 0.255 bits per heavy atom. The third-order valence-electron chi connectivity index (χ3n) is 10.8. The molecular formula is C51H32N4. The molecule has 0 aliphatic heterocycles. The van der Waals surface area contributed by atoms with Crippen molar-refractivity contribution in [1.29, 1.82) is 0 Å². The van der Waals surface area contributed by atoms with Gasteiger partial charge in [-0.3, -0.25) is 0 Å². The number of para-hydroxylation sites is 1. The van der Waals surface area contributed by atoms with E-state index in [1.807, 2.05) is 60.7 Å². The third kappa shape index (κ3) is 5.19. The van der Waals surface area contributed by atoms with Gasteiger partial charge in [0.15, 0.2) is 17.5 Å². The minimum Gasteiger partial charge on any atom is -0.309 e. The van der Waals surface area contributed by atoms with Gasteiger partial charge in [0.2, 0.25) is 0 Å². The van der Waals surface area contributed by atoms with Gasteiger partial charge >= 0.3 is 0 Å². The molecule has 256 valence electrons. The van der Waals surface area contributed by atoms with Crippen molar-refractivity contribution in [2.45, 2.75) is 0 Å². The number of hydrogen-bond acceptors (Lipinski definition) is 3. The highest BCUT2D eigenvalue weighted by Crippen LogP contribution is 2.39. The molecule has 0 unspecified atom stereocenters. The first kappa shape index (κ1) is 31.1. The molecule has 4 nitrogen and oxygen atoms in total. The predicted molar refractivity (Wildman–Crippen MR) is 228 cm³/mol. The van der Waals surface area contributed by atoms with Crippen LogP contribution in [0.2, 0.25) is 0 Å². The average molecular weight is 701 g/mol. The zero-order valence-corrected chi connectivity index (χ0v) is 29.8. The van der Waals surface area contributed by atoms with E-state index < -0.39 is 0 Å². The molecular weight excluding hydrogens is 669 g/mol. The highest BCUT2D eigenvalue weighted by Gasteiger charge is 2.17. The van der Waals surface area contributed by atoms with E-state index in [0.717, 1.165) is 39.0 Å². The topological polar surface area (TPSA) is 43.6 Å². The molecule has 0 saturated carbocycles. The van der Waals surface area contributed by atoms with E-state index in [1.165, 1.54) is 48.6 Å². The molecule has 0 spiro atoms. The number of nitrogens with zero attached hydrogens (tertiary/aromatic N) is 4. The van der Waals surface area contributed by atoms with Crippen molar-refractivity contribution in [2.75, 3.05) is 0 Å². The molecule has 0 fully saturated rings. The lowest BCUT2D eigenvalue weighted by molar-refractivity contribution is 1.07. The number of benzene rings is 9. The summed E-state index contributed by atoms with van der Waals surface area (Å²) >= 11 is 0. The molecule has 0 aliphatic rings. The summed E-state index contributed by atoms with van der Waals surface area (Å²) in [5, 5.41) is 10.1. The highest BCUT2D eigenvalue weighted by atomic mass is 15.0. The summed E-state index contributed by atoms with van der Waals surface area (Å²) in [5.41, 5.74) is 8.53. The average Bonchev–Trinajstić information content (AvgIpc) is 3.60. The number of hydrogen-bond donors (Lipinski definition) is 0. The zero-order chi connectivity index (χ0) is 36.3. The van der Waals surface area contributed by atoms with Crippen molar-refractivity contribution in [3.05, 3.63) is 194 Å². The van der Waals surface area contributed by atoms with Gasteiger partial charge in [-0.1, -0.05) is 164 Å². The molecule has 2 heterocycles. The largest absolute Gasteiger partial charge is 0.309 e. The van der Waals surface area contributed by atoms with Crippen LogP contribution in [0.25, 0.3) is 105 Å². The maximum Gasteiger partial charge on any atom is 0.164 e. The van der Waals surface area contributed by atoms with E-state index in [9.17, 15) is 0 Å². The fourth-order valence-corrected chi connectivity index (χ4v) is 8.24. The first-order chi connectivity index (χ1) is 27.3. The van der Waals surface area contributed by atoms with Gasteiger partial charge in [0.25, 0.3) is 0 Å². The second-order valence-electron chi connectivity index (χ2n) is 14.0. The molecule has 4 heteroatoms. The Kier molecular flexibility index (Phi) is 7.14. The molecule has 55 heavy (non-hydrogen) atoms. The van der Waals surface area contributed by atoms with Gasteiger partial charge < -0.3 is 4.57 Å². The maximum atomic E-state index is 5.01. The summed E-state index contributed by atoms with van der Waals surface area (Å²) in [5.74, 6) is 1.94. The zero-order valence-electron chi connectivity index (χ0n) is 29.8. The summed E-state index contributed by atoms with van der Waals surface area (Å²) in [4.78, 5) is 14.9. The summed E-state index contributed by atoms with van der Waals surface area (Å²) < 4.78 is 2.42. The molecule has 0 amide bonds. The van der Waals surface area contributed by atoms with E-state index in [-0.39, 0.29) is 0 Å². The lowest BCUT2D eigenvalue weighted by atomic mass is 9.94. The van der Waals surface area contributed by atoms with Crippen molar-refractivity contribution >= 4 is 54.1 Å². The van der Waals surface area contributed by atoms with E-state index >= 15 is 0 Å². The first-order valence-corrected chi connectivity index (χ1v) is 18.6. The second kappa shape index (κ2) is 12.6. The smallest absolute Gasteiger partial charge is 0.164 e. The van der Waals surface area contributed by atoms with Gasteiger partial charge in [0.1, 0.15) is 0 Å². The maximum absolute atomic E-state index is 5.01. The minimum absolute atomic E-state index is 0.640. The lowest BCUT2D eigenvalue weighted by Crippen LogP contribution is -2.00. The van der Waals surface area contributed by atoms with Crippen molar-refractivity contribution in [2.24, 2.45) is 0 Å². The van der Waals surface area contributed by atoms with Crippen molar-refractivity contribution in [3.8, 4) is 51.0 Å². The molecule has 0 N–H and O–H groups in total. The Hall–Kier alpha value is -7.43. The van der Waals surface area contributed by atoms with E-state index in [1.54, 1.807) is 0 Å². The predicted octanol–water partition coefficient (Wildman–Crippen LogP) is 13.1. The molecule has 2 aromatic heterocycles. The third-order valence-corrected chi connectivity index (χ3v) is 10.8. The Labute approximate surface area is 317 Å². The van der Waals surface area contributed by atoms with Crippen LogP contribution in [0.5, 0.6) is 0 Å². The summed E-state index contributed by atoms with van der Waals surface area (Å²) in [6.07, 6.45) is 0. The van der Waals surface area contributed by atoms with E-state index in [2.05, 4.69) is 138 Å². The number of fused-ring (bicyclic) bond motifs is 9. The van der Waals surface area contributed by atoms with Gasteiger partial charge in [-0.05, 0) is 73.8 Å². The molecule has 0 bridgehead atoms. The Balaban J connectivity index is 1.09. The fourth-order valence-electron chi connectivity index (χ4n) is 8.24. The highest BCUT2D eigenvalue weighted by molar-refractivity contribution is 6.25. The van der Waals surface area contributed by atoms with Crippen LogP contribution in [0.4, 0.5) is 0 Å². The Morgan fingerprint density at radius 3 is 1.33 bits per heavy atom. The van der Waals surface area contributed by atoms with Gasteiger partial charge in [0.05, 0.1) is 11.0 Å². The standard InChI is InChI=1S/C51H32N4/c1-3-14-33(15-4-1)49-52-50(34-16-5-2-6-17-34)54-51(53-49)37-19-13-18-35(30-37)36-26-28-45-44-24-11-12-25-47(44)55(48(45)31-36)38-27-29-43-41-22-8-7-20-39(41)40-21-9-10-23-42(40)46(43)32-38/h1-32H. The molecule has 0 atom stereocenters. The molecule has 11 aromatic rings. The van der Waals surface area contributed by atoms with Crippen LogP contribution >= 0.6 is 0 Å². The quantitative estimate of drug-likeness (QED) is 0.168. The molecule has 0 saturated heterocycles. The van der Waals surface area contributed by atoms with Crippen molar-refractivity contribution in [3.63, 3.8) is 0 Å². The lowest BCUT2D eigenvalue weighted by Gasteiger charge is -2.14. The van der Waals surface area contributed by atoms with Crippen LogP contribution in [0, 0.1) is 0 Å². The van der Waals surface area contributed by atoms with Crippen LogP contribution in [-0.2, 0) is 0 Å². The van der Waals surface area contributed by atoms with Gasteiger partial charge in [-0.15, -0.1) is 0 Å². The van der Waals surface area contributed by atoms with Crippen LogP contribution in [0.15, 0.2) is 194 Å². The van der Waals surface area contributed by atoms with Crippen molar-refractivity contribution < 1.29 is 0 Å². The van der Waals surface area contributed by atoms with Gasteiger partial charge in [0, 0.05) is 33.2 Å². The van der Waals surface area contributed by atoms with Crippen LogP contribution in [0.1, 0.15) is 0 Å². The summed E-state index contributed by atoms with van der Waals surface area (Å²) in [6, 6.07) is 68.8. The van der Waals surface area contributed by atoms with E-state index in [0.29, 0.717) is 17.5 Å². The monoisotopic (exact) mass is 700 g/mol. The van der Waals surface area contributed by atoms with Gasteiger partial charge in [-0.2, -0.15) is 0 Å². The number of rotatable bonds is 5. The molecule has 0 radical (unpaired) electrons. The van der Waals surface area contributed by atoms with Gasteiger partial charge in [-0.25, -0.2) is 15.0 Å². The summed E-state index contributed by atoms with van der Waals surface area (Å²) in [6.45, 7) is 0. The van der Waals surface area contributed by atoms with Crippen LogP contribution in [-0.4, -0.2) is 19.5 Å². The SMILES string of the molecule is c1ccc(-c2nc(-c3ccccc3)nc(-c3cccc(-c4ccc5c6ccccc6n(-c6ccc7c8ccccc8c8ccccc8c7c6)c5c4)c3)n2)cc1. The fraction of sp³-hybridized carbons (Fsp3) is 0. The first-order valence-electron chi connectivity index (χ1n) is 18.6. The number of aromatic nitrogens is 4. The normalized spacial score (nSPS) is 11.6. The second-order valence-corrected chi connectivity index (χ2v) is 14.0. The molecule has 0 aliphatic carbocycles. The van der Waals surface area contributed by atoms with Crippen LogP contribution in [0.3, 0.4) is 0 Å².